The Hall–Kier alpha value is -1.05. The summed E-state index contributed by atoms with van der Waals surface area (Å²) in [4.78, 5) is 12.3. The molecule has 0 saturated heterocycles. The quantitative estimate of drug-likeness (QED) is 0.778. The fraction of sp³-hybridized carbons (Fsp3) is 0.737. The van der Waals surface area contributed by atoms with Crippen LogP contribution < -0.4 is 0 Å². The molecule has 1 fully saturated rings. The van der Waals surface area contributed by atoms with Crippen LogP contribution in [-0.2, 0) is 13.0 Å². The molecular formula is C19H29NO. The van der Waals surface area contributed by atoms with Crippen LogP contribution >= 0.6 is 0 Å². The molecule has 21 heavy (non-hydrogen) atoms. The van der Waals surface area contributed by atoms with Crippen molar-refractivity contribution in [2.45, 2.75) is 72.3 Å². The van der Waals surface area contributed by atoms with E-state index in [1.54, 1.807) is 0 Å². The summed E-state index contributed by atoms with van der Waals surface area (Å²) in [5, 5.41) is 0. The minimum absolute atomic E-state index is 0.125. The number of Topliss-reactive ketones (excluding diaryl/α,β-unsaturated/α-hetero) is 1. The van der Waals surface area contributed by atoms with Gasteiger partial charge in [-0.3, -0.25) is 4.79 Å². The SMILES string of the molecule is CCC1CCC(Cn2ccc3c2CC(C)(C)CC3=O)CC1. The van der Waals surface area contributed by atoms with E-state index in [0.29, 0.717) is 12.2 Å². The second-order valence-corrected chi connectivity index (χ2v) is 8.06. The van der Waals surface area contributed by atoms with E-state index in [9.17, 15) is 4.79 Å². The van der Waals surface area contributed by atoms with Crippen LogP contribution in [0.5, 0.6) is 0 Å². The van der Waals surface area contributed by atoms with Crippen LogP contribution in [0.3, 0.4) is 0 Å². The number of hydrogen-bond donors (Lipinski definition) is 0. The monoisotopic (exact) mass is 287 g/mol. The van der Waals surface area contributed by atoms with Crippen LogP contribution in [0, 0.1) is 17.3 Å². The molecule has 2 nitrogen and oxygen atoms in total. The molecule has 0 spiro atoms. The molecule has 116 valence electrons. The number of hydrogen-bond acceptors (Lipinski definition) is 1. The minimum Gasteiger partial charge on any atom is -0.350 e. The molecule has 0 amide bonds. The van der Waals surface area contributed by atoms with Crippen LogP contribution in [0.1, 0.15) is 75.3 Å². The third kappa shape index (κ3) is 3.09. The summed E-state index contributed by atoms with van der Waals surface area (Å²) in [5.74, 6) is 2.11. The standard InChI is InChI=1S/C19H29NO/c1-4-14-5-7-15(8-6-14)13-20-10-9-16-17(20)11-19(2,3)12-18(16)21/h9-10,14-15H,4-8,11-13H2,1-3H3. The van der Waals surface area contributed by atoms with Crippen LogP contribution in [-0.4, -0.2) is 10.4 Å². The van der Waals surface area contributed by atoms with Gasteiger partial charge in [-0.15, -0.1) is 0 Å². The molecule has 0 N–H and O–H groups in total. The van der Waals surface area contributed by atoms with Gasteiger partial charge in [0.05, 0.1) is 0 Å². The summed E-state index contributed by atoms with van der Waals surface area (Å²) >= 11 is 0. The normalized spacial score (nSPS) is 28.4. The van der Waals surface area contributed by atoms with E-state index in [2.05, 4.69) is 37.6 Å². The predicted octanol–water partition coefficient (Wildman–Crippen LogP) is 4.86. The first-order valence-electron chi connectivity index (χ1n) is 8.69. The van der Waals surface area contributed by atoms with Crippen molar-refractivity contribution in [2.24, 2.45) is 17.3 Å². The van der Waals surface area contributed by atoms with Crippen molar-refractivity contribution in [1.29, 1.82) is 0 Å². The van der Waals surface area contributed by atoms with Crippen molar-refractivity contribution < 1.29 is 4.79 Å². The van der Waals surface area contributed by atoms with Gasteiger partial charge in [0.1, 0.15) is 0 Å². The Morgan fingerprint density at radius 1 is 1.14 bits per heavy atom. The van der Waals surface area contributed by atoms with E-state index < -0.39 is 0 Å². The number of ketones is 1. The smallest absolute Gasteiger partial charge is 0.165 e. The van der Waals surface area contributed by atoms with Gasteiger partial charge < -0.3 is 4.57 Å². The maximum absolute atomic E-state index is 12.3. The molecule has 0 unspecified atom stereocenters. The largest absolute Gasteiger partial charge is 0.350 e. The van der Waals surface area contributed by atoms with Crippen molar-refractivity contribution in [2.75, 3.05) is 0 Å². The van der Waals surface area contributed by atoms with Crippen LogP contribution in [0.2, 0.25) is 0 Å². The number of carbonyl (C=O) groups excluding carboxylic acids is 1. The number of aromatic nitrogens is 1. The molecule has 1 aromatic rings. The fourth-order valence-electron chi connectivity index (χ4n) is 4.27. The number of fused-ring (bicyclic) bond motifs is 1. The lowest BCUT2D eigenvalue weighted by molar-refractivity contribution is 0.0909. The maximum atomic E-state index is 12.3. The molecule has 1 heterocycles. The zero-order valence-corrected chi connectivity index (χ0v) is 13.8. The lowest BCUT2D eigenvalue weighted by Gasteiger charge is -2.32. The number of nitrogens with zero attached hydrogens (tertiary/aromatic N) is 1. The molecular weight excluding hydrogens is 258 g/mol. The molecule has 1 saturated carbocycles. The second-order valence-electron chi connectivity index (χ2n) is 8.06. The Bertz CT molecular complexity index is 518. The van der Waals surface area contributed by atoms with Crippen molar-refractivity contribution >= 4 is 5.78 Å². The predicted molar refractivity (Wildman–Crippen MR) is 86.6 cm³/mol. The van der Waals surface area contributed by atoms with Gasteiger partial charge in [-0.05, 0) is 42.6 Å². The maximum Gasteiger partial charge on any atom is 0.165 e. The van der Waals surface area contributed by atoms with E-state index >= 15 is 0 Å². The van der Waals surface area contributed by atoms with Gasteiger partial charge in [0, 0.05) is 30.4 Å². The molecule has 0 aromatic carbocycles. The van der Waals surface area contributed by atoms with Gasteiger partial charge in [-0.1, -0.05) is 40.0 Å². The van der Waals surface area contributed by atoms with Crippen molar-refractivity contribution in [1.82, 2.24) is 4.57 Å². The molecule has 1 aromatic heterocycles. The van der Waals surface area contributed by atoms with E-state index in [-0.39, 0.29) is 5.41 Å². The Kier molecular flexibility index (Phi) is 3.98. The van der Waals surface area contributed by atoms with Gasteiger partial charge >= 0.3 is 0 Å². The highest BCUT2D eigenvalue weighted by Gasteiger charge is 2.33. The van der Waals surface area contributed by atoms with Crippen LogP contribution in [0.4, 0.5) is 0 Å². The fourth-order valence-corrected chi connectivity index (χ4v) is 4.27. The summed E-state index contributed by atoms with van der Waals surface area (Å²) in [6.07, 6.45) is 10.8. The van der Waals surface area contributed by atoms with Crippen LogP contribution in [0.25, 0.3) is 0 Å². The van der Waals surface area contributed by atoms with E-state index in [1.807, 2.05) is 0 Å². The lowest BCUT2D eigenvalue weighted by Crippen LogP contribution is -2.29. The van der Waals surface area contributed by atoms with Crippen molar-refractivity contribution in [3.63, 3.8) is 0 Å². The summed E-state index contributed by atoms with van der Waals surface area (Å²) in [6, 6.07) is 2.06. The summed E-state index contributed by atoms with van der Waals surface area (Å²) in [6.45, 7) is 7.88. The Morgan fingerprint density at radius 2 is 1.81 bits per heavy atom. The van der Waals surface area contributed by atoms with Gasteiger partial charge in [0.2, 0.25) is 0 Å². The van der Waals surface area contributed by atoms with Gasteiger partial charge in [0.25, 0.3) is 0 Å². The Balaban J connectivity index is 1.72. The van der Waals surface area contributed by atoms with Crippen molar-refractivity contribution in [3.8, 4) is 0 Å². The third-order valence-electron chi connectivity index (χ3n) is 5.66. The molecule has 2 aliphatic carbocycles. The first-order valence-corrected chi connectivity index (χ1v) is 8.69. The average molecular weight is 287 g/mol. The van der Waals surface area contributed by atoms with E-state index in [0.717, 1.165) is 30.4 Å². The molecule has 0 atom stereocenters. The highest BCUT2D eigenvalue weighted by atomic mass is 16.1. The first-order chi connectivity index (χ1) is 9.98. The average Bonchev–Trinajstić information content (AvgIpc) is 2.81. The zero-order valence-electron chi connectivity index (χ0n) is 13.8. The van der Waals surface area contributed by atoms with Gasteiger partial charge in [-0.2, -0.15) is 0 Å². The summed E-state index contributed by atoms with van der Waals surface area (Å²) < 4.78 is 2.39. The number of carbonyl (C=O) groups is 1. The molecule has 0 aliphatic heterocycles. The Labute approximate surface area is 128 Å². The first kappa shape index (κ1) is 14.9. The molecule has 2 aliphatic rings. The zero-order chi connectivity index (χ0) is 15.0. The highest BCUT2D eigenvalue weighted by molar-refractivity contribution is 5.98. The molecule has 0 bridgehead atoms. The summed E-state index contributed by atoms with van der Waals surface area (Å²) in [5.41, 5.74) is 2.42. The Morgan fingerprint density at radius 3 is 2.48 bits per heavy atom. The molecule has 2 heteroatoms. The number of rotatable bonds is 3. The van der Waals surface area contributed by atoms with Crippen LogP contribution in [0.15, 0.2) is 12.3 Å². The van der Waals surface area contributed by atoms with E-state index in [4.69, 9.17) is 0 Å². The van der Waals surface area contributed by atoms with E-state index in [1.165, 1.54) is 37.8 Å². The summed E-state index contributed by atoms with van der Waals surface area (Å²) in [7, 11) is 0. The van der Waals surface area contributed by atoms with Gasteiger partial charge in [0.15, 0.2) is 5.78 Å². The highest BCUT2D eigenvalue weighted by Crippen LogP contribution is 2.37. The molecule has 3 rings (SSSR count). The minimum atomic E-state index is 0.125. The van der Waals surface area contributed by atoms with Crippen molar-refractivity contribution in [3.05, 3.63) is 23.5 Å². The topological polar surface area (TPSA) is 22.0 Å². The molecule has 0 radical (unpaired) electrons. The van der Waals surface area contributed by atoms with Gasteiger partial charge in [-0.25, -0.2) is 0 Å². The third-order valence-corrected chi connectivity index (χ3v) is 5.66. The second kappa shape index (κ2) is 5.62. The lowest BCUT2D eigenvalue weighted by atomic mass is 9.76.